The van der Waals surface area contributed by atoms with E-state index < -0.39 is 16.8 Å². The molecule has 0 fully saturated rings. The number of aliphatic carboxylic acids is 1. The van der Waals surface area contributed by atoms with Gasteiger partial charge < -0.3 is 5.11 Å². The number of aromatic nitrogens is 4. The third kappa shape index (κ3) is 5.54. The first-order valence-electron chi connectivity index (χ1n) is 7.10. The largest absolute Gasteiger partial charge is 0.481 e. The molecule has 24 heavy (non-hydrogen) atoms. The second-order valence-corrected chi connectivity index (χ2v) is 8.22. The number of hydrogen-bond acceptors (Lipinski definition) is 6. The number of H-pyrrole nitrogens is 1. The van der Waals surface area contributed by atoms with Crippen LogP contribution in [0.3, 0.4) is 0 Å². The van der Waals surface area contributed by atoms with Crippen LogP contribution in [0.4, 0.5) is 5.95 Å². The summed E-state index contributed by atoms with van der Waals surface area (Å²) in [5.41, 5.74) is -0.956. The van der Waals surface area contributed by atoms with Crippen LogP contribution in [0.15, 0.2) is 4.79 Å². The van der Waals surface area contributed by atoms with Crippen LogP contribution in [-0.4, -0.2) is 49.9 Å². The van der Waals surface area contributed by atoms with E-state index in [1.807, 2.05) is 0 Å². The SMILES string of the molecule is CC(C)(C)C(=O)Nc1nc2n[se]nc2c(=O)[nH]1.CC(C)(C)C(=O)O. The monoisotopic (exact) mass is 403 g/mol. The number of carbonyl (C=O) groups excluding carboxylic acids is 1. The Kier molecular flexibility index (Phi) is 6.02. The van der Waals surface area contributed by atoms with Crippen molar-refractivity contribution < 1.29 is 14.7 Å². The van der Waals surface area contributed by atoms with Gasteiger partial charge in [-0.1, -0.05) is 0 Å². The average molecular weight is 402 g/mol. The summed E-state index contributed by atoms with van der Waals surface area (Å²) in [6, 6.07) is 0. The third-order valence-corrected chi connectivity index (χ3v) is 3.78. The molecular weight excluding hydrogens is 381 g/mol. The Hall–Kier alpha value is -2.06. The Morgan fingerprint density at radius 3 is 2.08 bits per heavy atom. The number of carboxylic acids is 1. The number of nitrogens with zero attached hydrogens (tertiary/aromatic N) is 3. The van der Waals surface area contributed by atoms with Gasteiger partial charge in [0.05, 0.1) is 5.41 Å². The molecule has 0 aliphatic carbocycles. The molecule has 2 aromatic heterocycles. The summed E-state index contributed by atoms with van der Waals surface area (Å²) in [6.07, 6.45) is 0. The fraction of sp³-hybridized carbons (Fsp3) is 0.571. The van der Waals surface area contributed by atoms with Crippen LogP contribution >= 0.6 is 0 Å². The van der Waals surface area contributed by atoms with Crippen LogP contribution in [0.5, 0.6) is 0 Å². The van der Waals surface area contributed by atoms with Crippen LogP contribution in [0.2, 0.25) is 0 Å². The molecule has 0 saturated carbocycles. The maximum atomic E-state index is 11.7. The van der Waals surface area contributed by atoms with E-state index in [0.717, 1.165) is 0 Å². The van der Waals surface area contributed by atoms with E-state index in [-0.39, 0.29) is 37.9 Å². The fourth-order valence-corrected chi connectivity index (χ4v) is 2.09. The van der Waals surface area contributed by atoms with E-state index in [2.05, 4.69) is 23.2 Å². The zero-order chi connectivity index (χ0) is 18.7. The second-order valence-electron chi connectivity index (χ2n) is 7.11. The number of amides is 1. The van der Waals surface area contributed by atoms with Crippen molar-refractivity contribution in [3.05, 3.63) is 10.4 Å². The number of aromatic amines is 1. The summed E-state index contributed by atoms with van der Waals surface area (Å²) in [6.45, 7) is 10.3. The van der Waals surface area contributed by atoms with Gasteiger partial charge in [-0.15, -0.1) is 0 Å². The molecule has 132 valence electrons. The smallest absolute Gasteiger partial charge is 0.308 e. The van der Waals surface area contributed by atoms with E-state index in [9.17, 15) is 14.4 Å². The number of nitrogens with one attached hydrogen (secondary N) is 2. The maximum Gasteiger partial charge on any atom is 0.308 e. The molecule has 0 atom stereocenters. The first kappa shape index (κ1) is 20.0. The van der Waals surface area contributed by atoms with Crippen molar-refractivity contribution in [2.75, 3.05) is 5.32 Å². The zero-order valence-corrected chi connectivity index (χ0v) is 16.1. The van der Waals surface area contributed by atoms with Gasteiger partial charge in [0.15, 0.2) is 0 Å². The molecule has 0 radical (unpaired) electrons. The minimum absolute atomic E-state index is 0.116. The Morgan fingerprint density at radius 2 is 1.62 bits per heavy atom. The molecule has 2 heterocycles. The molecule has 0 spiro atoms. The summed E-state index contributed by atoms with van der Waals surface area (Å²) < 4.78 is 7.95. The molecule has 0 saturated heterocycles. The molecule has 0 aliphatic heterocycles. The van der Waals surface area contributed by atoms with Gasteiger partial charge in [0, 0.05) is 0 Å². The van der Waals surface area contributed by atoms with Gasteiger partial charge in [-0.05, 0) is 20.8 Å². The Labute approximate surface area is 145 Å². The van der Waals surface area contributed by atoms with Gasteiger partial charge in [0.25, 0.3) is 0 Å². The van der Waals surface area contributed by atoms with Crippen molar-refractivity contribution >= 4 is 44.0 Å². The van der Waals surface area contributed by atoms with Crippen molar-refractivity contribution in [3.63, 3.8) is 0 Å². The number of carbonyl (C=O) groups is 2. The van der Waals surface area contributed by atoms with Crippen LogP contribution in [0.25, 0.3) is 11.2 Å². The van der Waals surface area contributed by atoms with Crippen LogP contribution in [0.1, 0.15) is 41.5 Å². The van der Waals surface area contributed by atoms with Crippen molar-refractivity contribution in [2.45, 2.75) is 41.5 Å². The number of anilines is 1. The molecule has 9 nitrogen and oxygen atoms in total. The van der Waals surface area contributed by atoms with Gasteiger partial charge in [-0.3, -0.25) is 4.79 Å². The second kappa shape index (κ2) is 7.23. The molecular formula is C14H21N5O4Se. The molecule has 3 N–H and O–H groups in total. The Morgan fingerprint density at radius 1 is 1.08 bits per heavy atom. The summed E-state index contributed by atoms with van der Waals surface area (Å²) in [4.78, 5) is 39.8. The summed E-state index contributed by atoms with van der Waals surface area (Å²) in [7, 11) is 0. The predicted molar refractivity (Wildman–Crippen MR) is 90.1 cm³/mol. The molecule has 2 aromatic rings. The zero-order valence-electron chi connectivity index (χ0n) is 14.4. The van der Waals surface area contributed by atoms with Gasteiger partial charge in [0.2, 0.25) is 0 Å². The summed E-state index contributed by atoms with van der Waals surface area (Å²) in [5, 5.41) is 10.8. The quantitative estimate of drug-likeness (QED) is 0.602. The predicted octanol–water partition coefficient (Wildman–Crippen LogP) is 0.872. The standard InChI is InChI=1S/C9H11N5O2Se.C5H10O2/c1-9(2,3)7(16)12-8-10-5-4(6(15)11-8)13-17-14-5;1-5(2,3)4(6)7/h1-3H3,(H2,10,11,12,14,15,16);1-3H3,(H,6,7). The minimum Gasteiger partial charge on any atom is -0.481 e. The molecule has 0 unspecified atom stereocenters. The van der Waals surface area contributed by atoms with Crippen molar-refractivity contribution in [2.24, 2.45) is 10.8 Å². The van der Waals surface area contributed by atoms with Gasteiger partial charge in [-0.25, -0.2) is 0 Å². The van der Waals surface area contributed by atoms with E-state index in [1.165, 1.54) is 0 Å². The van der Waals surface area contributed by atoms with Gasteiger partial charge >= 0.3 is 109 Å². The Bertz CT molecular complexity index is 798. The van der Waals surface area contributed by atoms with Crippen molar-refractivity contribution in [3.8, 4) is 0 Å². The number of hydrogen-bond donors (Lipinski definition) is 3. The third-order valence-electron chi connectivity index (χ3n) is 2.69. The average Bonchev–Trinajstić information content (AvgIpc) is 2.85. The topological polar surface area (TPSA) is 138 Å². The van der Waals surface area contributed by atoms with Crippen LogP contribution in [-0.2, 0) is 9.59 Å². The number of fused-ring (bicyclic) bond motifs is 1. The van der Waals surface area contributed by atoms with Gasteiger partial charge in [-0.2, -0.15) is 0 Å². The van der Waals surface area contributed by atoms with E-state index >= 15 is 0 Å². The van der Waals surface area contributed by atoms with E-state index in [1.54, 1.807) is 41.5 Å². The van der Waals surface area contributed by atoms with E-state index in [4.69, 9.17) is 5.11 Å². The number of carboxylic acid groups (broad SMARTS) is 1. The molecule has 2 rings (SSSR count). The fourth-order valence-electron chi connectivity index (χ4n) is 1.06. The normalized spacial score (nSPS) is 11.6. The van der Waals surface area contributed by atoms with Gasteiger partial charge in [0.1, 0.15) is 0 Å². The van der Waals surface area contributed by atoms with E-state index in [0.29, 0.717) is 5.65 Å². The minimum atomic E-state index is -0.757. The van der Waals surface area contributed by atoms with Crippen molar-refractivity contribution in [1.29, 1.82) is 0 Å². The van der Waals surface area contributed by atoms with Crippen LogP contribution in [0, 0.1) is 10.8 Å². The maximum absolute atomic E-state index is 11.7. The van der Waals surface area contributed by atoms with Crippen molar-refractivity contribution in [1.82, 2.24) is 17.9 Å². The molecule has 0 aromatic carbocycles. The number of rotatable bonds is 1. The van der Waals surface area contributed by atoms with Crippen LogP contribution < -0.4 is 10.9 Å². The molecule has 0 aliphatic rings. The first-order valence-corrected chi connectivity index (χ1v) is 8.63. The Balaban J connectivity index is 0.000000351. The summed E-state index contributed by atoms with van der Waals surface area (Å²) in [5.74, 6) is -0.862. The first-order chi connectivity index (χ1) is 10.8. The molecule has 1 amide bonds. The summed E-state index contributed by atoms with van der Waals surface area (Å²) >= 11 is -0.311. The molecule has 0 bridgehead atoms. The molecule has 10 heteroatoms.